The number of esters is 1. The molecule has 1 aliphatic heterocycles. The van der Waals surface area contributed by atoms with E-state index in [0.29, 0.717) is 6.61 Å². The average Bonchev–Trinajstić information content (AvgIpc) is 2.92. The van der Waals surface area contributed by atoms with E-state index in [1.54, 1.807) is 0 Å². The Kier molecular flexibility index (Phi) is 4.14. The molecule has 0 unspecified atom stereocenters. The SMILES string of the molecule is O=C(OCC[NH+]1CCOCC1)C1=CCc2ccccc21. The largest absolute Gasteiger partial charge is 0.456 e. The average molecular weight is 274 g/mol. The lowest BCUT2D eigenvalue weighted by atomic mass is 10.1. The summed E-state index contributed by atoms with van der Waals surface area (Å²) in [6.07, 6.45) is 2.80. The summed E-state index contributed by atoms with van der Waals surface area (Å²) in [7, 11) is 0. The van der Waals surface area contributed by atoms with Crippen molar-refractivity contribution in [2.24, 2.45) is 0 Å². The summed E-state index contributed by atoms with van der Waals surface area (Å²) in [5.41, 5.74) is 2.95. The molecule has 2 aliphatic rings. The summed E-state index contributed by atoms with van der Waals surface area (Å²) in [4.78, 5) is 13.6. The molecule has 1 fully saturated rings. The highest BCUT2D eigenvalue weighted by Gasteiger charge is 2.21. The number of nitrogens with one attached hydrogen (secondary N) is 1. The number of fused-ring (bicyclic) bond motifs is 1. The van der Waals surface area contributed by atoms with Gasteiger partial charge in [0.05, 0.1) is 18.8 Å². The third kappa shape index (κ3) is 2.92. The third-order valence-electron chi connectivity index (χ3n) is 3.94. The minimum Gasteiger partial charge on any atom is -0.456 e. The van der Waals surface area contributed by atoms with Gasteiger partial charge in [-0.2, -0.15) is 0 Å². The molecule has 0 amide bonds. The molecule has 1 aliphatic carbocycles. The Labute approximate surface area is 119 Å². The molecule has 4 heteroatoms. The number of carbonyl (C=O) groups excluding carboxylic acids is 1. The smallest absolute Gasteiger partial charge is 0.338 e. The minimum absolute atomic E-state index is 0.192. The van der Waals surface area contributed by atoms with E-state index < -0.39 is 0 Å². The van der Waals surface area contributed by atoms with Crippen molar-refractivity contribution in [2.45, 2.75) is 6.42 Å². The maximum absolute atomic E-state index is 12.1. The van der Waals surface area contributed by atoms with Crippen LogP contribution >= 0.6 is 0 Å². The van der Waals surface area contributed by atoms with Gasteiger partial charge in [0.25, 0.3) is 0 Å². The zero-order valence-corrected chi connectivity index (χ0v) is 11.6. The number of hydrogen-bond acceptors (Lipinski definition) is 3. The molecule has 1 aromatic rings. The van der Waals surface area contributed by atoms with Gasteiger partial charge in [0.15, 0.2) is 0 Å². The lowest BCUT2D eigenvalue weighted by molar-refractivity contribution is -0.908. The van der Waals surface area contributed by atoms with E-state index >= 15 is 0 Å². The fourth-order valence-corrected chi connectivity index (χ4v) is 2.75. The number of ether oxygens (including phenoxy) is 2. The zero-order valence-electron chi connectivity index (χ0n) is 11.6. The van der Waals surface area contributed by atoms with Gasteiger partial charge in [-0.15, -0.1) is 0 Å². The third-order valence-corrected chi connectivity index (χ3v) is 3.94. The molecule has 4 nitrogen and oxygen atoms in total. The molecule has 0 saturated carbocycles. The van der Waals surface area contributed by atoms with Gasteiger partial charge in [-0.05, 0) is 17.5 Å². The number of benzene rings is 1. The number of hydrogen-bond donors (Lipinski definition) is 1. The maximum Gasteiger partial charge on any atom is 0.338 e. The summed E-state index contributed by atoms with van der Waals surface area (Å²) >= 11 is 0. The monoisotopic (exact) mass is 274 g/mol. The molecule has 1 N–H and O–H groups in total. The van der Waals surface area contributed by atoms with Crippen LogP contribution in [0.5, 0.6) is 0 Å². The van der Waals surface area contributed by atoms with Crippen LogP contribution < -0.4 is 4.90 Å². The summed E-state index contributed by atoms with van der Waals surface area (Å²) in [6.45, 7) is 4.97. The van der Waals surface area contributed by atoms with Crippen LogP contribution in [0.2, 0.25) is 0 Å². The molecule has 1 saturated heterocycles. The topological polar surface area (TPSA) is 40.0 Å². The fourth-order valence-electron chi connectivity index (χ4n) is 2.75. The van der Waals surface area contributed by atoms with Crippen molar-refractivity contribution >= 4 is 11.5 Å². The van der Waals surface area contributed by atoms with Crippen LogP contribution in [-0.4, -0.2) is 45.4 Å². The zero-order chi connectivity index (χ0) is 13.8. The normalized spacial score (nSPS) is 18.5. The Balaban J connectivity index is 1.50. The van der Waals surface area contributed by atoms with E-state index in [4.69, 9.17) is 9.47 Å². The molecule has 106 valence electrons. The van der Waals surface area contributed by atoms with Crippen molar-refractivity contribution in [1.82, 2.24) is 0 Å². The maximum atomic E-state index is 12.1. The van der Waals surface area contributed by atoms with Gasteiger partial charge in [0.2, 0.25) is 0 Å². The Hall–Kier alpha value is -1.65. The van der Waals surface area contributed by atoms with Gasteiger partial charge in [-0.1, -0.05) is 30.3 Å². The van der Waals surface area contributed by atoms with Crippen LogP contribution in [0.3, 0.4) is 0 Å². The number of rotatable bonds is 4. The standard InChI is InChI=1S/C16H19NO3/c18-16(20-12-9-17-7-10-19-11-8-17)15-6-5-13-3-1-2-4-14(13)15/h1-4,6H,5,7-12H2/p+1. The Morgan fingerprint density at radius 3 is 2.90 bits per heavy atom. The first-order valence-corrected chi connectivity index (χ1v) is 7.21. The van der Waals surface area contributed by atoms with Gasteiger partial charge in [0, 0.05) is 0 Å². The number of carbonyl (C=O) groups is 1. The highest BCUT2D eigenvalue weighted by atomic mass is 16.5. The van der Waals surface area contributed by atoms with Gasteiger partial charge >= 0.3 is 5.97 Å². The number of morpholine rings is 1. The van der Waals surface area contributed by atoms with Crippen LogP contribution in [0.1, 0.15) is 11.1 Å². The molecule has 1 heterocycles. The van der Waals surface area contributed by atoms with Crippen molar-refractivity contribution in [3.8, 4) is 0 Å². The van der Waals surface area contributed by atoms with E-state index in [0.717, 1.165) is 50.4 Å². The molecule has 3 rings (SSSR count). The lowest BCUT2D eigenvalue weighted by Crippen LogP contribution is -3.14. The van der Waals surface area contributed by atoms with Crippen molar-refractivity contribution in [2.75, 3.05) is 39.5 Å². The number of allylic oxidation sites excluding steroid dienone is 1. The van der Waals surface area contributed by atoms with Crippen molar-refractivity contribution in [3.05, 3.63) is 41.5 Å². The first-order chi connectivity index (χ1) is 9.84. The molecule has 1 aromatic carbocycles. The highest BCUT2D eigenvalue weighted by molar-refractivity contribution is 6.18. The minimum atomic E-state index is -0.192. The first kappa shape index (κ1) is 13.3. The number of quaternary nitrogens is 1. The fraction of sp³-hybridized carbons (Fsp3) is 0.438. The molecule has 20 heavy (non-hydrogen) atoms. The Morgan fingerprint density at radius 1 is 1.25 bits per heavy atom. The summed E-state index contributed by atoms with van der Waals surface area (Å²) in [6, 6.07) is 8.01. The van der Waals surface area contributed by atoms with Gasteiger partial charge in [-0.25, -0.2) is 4.79 Å². The molecule has 0 bridgehead atoms. The summed E-state index contributed by atoms with van der Waals surface area (Å²) < 4.78 is 10.7. The van der Waals surface area contributed by atoms with Crippen molar-refractivity contribution in [1.29, 1.82) is 0 Å². The predicted octanol–water partition coefficient (Wildman–Crippen LogP) is 0.0844. The van der Waals surface area contributed by atoms with Gasteiger partial charge in [0.1, 0.15) is 26.2 Å². The van der Waals surface area contributed by atoms with Crippen molar-refractivity contribution < 1.29 is 19.2 Å². The predicted molar refractivity (Wildman–Crippen MR) is 75.5 cm³/mol. The van der Waals surface area contributed by atoms with E-state index in [-0.39, 0.29) is 5.97 Å². The summed E-state index contributed by atoms with van der Waals surface area (Å²) in [5.74, 6) is -0.192. The molecule has 0 atom stereocenters. The molecule has 0 aromatic heterocycles. The first-order valence-electron chi connectivity index (χ1n) is 7.21. The second-order valence-corrected chi connectivity index (χ2v) is 5.23. The van der Waals surface area contributed by atoms with E-state index in [1.807, 2.05) is 24.3 Å². The van der Waals surface area contributed by atoms with Crippen LogP contribution in [0.4, 0.5) is 0 Å². The van der Waals surface area contributed by atoms with E-state index in [1.165, 1.54) is 10.5 Å². The van der Waals surface area contributed by atoms with Crippen molar-refractivity contribution in [3.63, 3.8) is 0 Å². The molecular formula is C16H20NO3+. The van der Waals surface area contributed by atoms with Crippen LogP contribution in [0, 0.1) is 0 Å². The van der Waals surface area contributed by atoms with Crippen LogP contribution in [0.25, 0.3) is 5.57 Å². The van der Waals surface area contributed by atoms with E-state index in [9.17, 15) is 4.79 Å². The van der Waals surface area contributed by atoms with Crippen LogP contribution in [0.15, 0.2) is 30.3 Å². The lowest BCUT2D eigenvalue weighted by Gasteiger charge is -2.23. The quantitative estimate of drug-likeness (QED) is 0.791. The Bertz CT molecular complexity index is 518. The van der Waals surface area contributed by atoms with Crippen LogP contribution in [-0.2, 0) is 20.7 Å². The second-order valence-electron chi connectivity index (χ2n) is 5.23. The highest BCUT2D eigenvalue weighted by Crippen LogP contribution is 2.27. The molecular weight excluding hydrogens is 254 g/mol. The summed E-state index contributed by atoms with van der Waals surface area (Å²) in [5, 5.41) is 0. The van der Waals surface area contributed by atoms with Gasteiger partial charge in [-0.3, -0.25) is 0 Å². The van der Waals surface area contributed by atoms with Gasteiger partial charge < -0.3 is 14.4 Å². The molecule has 0 spiro atoms. The van der Waals surface area contributed by atoms with E-state index in [2.05, 4.69) is 6.07 Å². The molecule has 0 radical (unpaired) electrons. The second kappa shape index (κ2) is 6.20. The Morgan fingerprint density at radius 2 is 2.05 bits per heavy atom.